The Morgan fingerprint density at radius 3 is 1.82 bits per heavy atom. The zero-order chi connectivity index (χ0) is 49.8. The standard InChI is InChI=1S/C42H33N11O13S3.Fe.Na/c1-23-17-32(47-45-26-13-16-30(38(18-26)69(64,65)66)43-24-9-5-3-6-10-24)33(52-67(2,59)60)20-31(23)46-48-34-21-35(42(56)40(41(34)55)51-44-25-11-7-4-8-12-25)49-50-39-28-15-14-27(53(57)58)19-29(28)37(22-36(39)54)68(61,62)63;;/h3-22,43,52,54-56H,1-2H3,(H,61,62,63)(H,64,65,66);;/q;+2;+1/p-3. The maximum absolute atomic E-state index is 13.8. The van der Waals surface area contributed by atoms with Crippen molar-refractivity contribution < 1.29 is 103 Å². The molecule has 0 saturated heterocycles. The molecule has 0 atom stereocenters. The fourth-order valence-corrected chi connectivity index (χ4v) is 8.17. The van der Waals surface area contributed by atoms with E-state index in [0.29, 0.717) is 11.8 Å². The van der Waals surface area contributed by atoms with E-state index in [4.69, 9.17) is 0 Å². The van der Waals surface area contributed by atoms with Crippen LogP contribution in [0.3, 0.4) is 0 Å². The number of phenolic OH excluding ortho intramolecular Hbond substituents is 1. The molecule has 0 spiro atoms. The van der Waals surface area contributed by atoms with E-state index in [2.05, 4.69) is 51.0 Å². The van der Waals surface area contributed by atoms with Crippen LogP contribution in [0, 0.1) is 17.0 Å². The number of para-hydroxylation sites is 1. The van der Waals surface area contributed by atoms with Gasteiger partial charge in [0, 0.05) is 28.6 Å². The molecule has 358 valence electrons. The number of hydrogen-bond acceptors (Lipinski definition) is 22. The van der Waals surface area contributed by atoms with Gasteiger partial charge in [0.05, 0.1) is 60.8 Å². The van der Waals surface area contributed by atoms with Crippen molar-refractivity contribution in [2.75, 3.05) is 16.3 Å². The number of azo groups is 4. The number of non-ortho nitro benzene ring substituents is 1. The van der Waals surface area contributed by atoms with Crippen molar-refractivity contribution in [3.63, 3.8) is 0 Å². The number of nitro benzene ring substituents is 1. The Hall–Kier alpha value is -7.11. The molecule has 0 amide bonds. The number of rotatable bonds is 15. The minimum absolute atomic E-state index is 0. The van der Waals surface area contributed by atoms with E-state index in [-0.39, 0.29) is 93.1 Å². The summed E-state index contributed by atoms with van der Waals surface area (Å²) in [5.74, 6) is -3.17. The van der Waals surface area contributed by atoms with E-state index in [1.54, 1.807) is 48.5 Å². The van der Waals surface area contributed by atoms with Gasteiger partial charge in [0.1, 0.15) is 37.3 Å². The number of nitrogens with one attached hydrogen (secondary N) is 2. The number of aryl methyl sites for hydroxylation is 1. The Kier molecular flexibility index (Phi) is 17.2. The van der Waals surface area contributed by atoms with Crippen LogP contribution in [0.25, 0.3) is 10.8 Å². The van der Waals surface area contributed by atoms with Gasteiger partial charge >= 0.3 is 48.1 Å². The molecule has 0 radical (unpaired) electrons. The fourth-order valence-electron chi connectivity index (χ4n) is 6.26. The number of sulfonamides is 1. The van der Waals surface area contributed by atoms with Crippen molar-refractivity contribution in [1.82, 2.24) is 0 Å². The van der Waals surface area contributed by atoms with Crippen LogP contribution < -0.4 is 49.8 Å². The van der Waals surface area contributed by atoms with E-state index in [1.807, 2.05) is 0 Å². The summed E-state index contributed by atoms with van der Waals surface area (Å²) in [7, 11) is -14.4. The Morgan fingerprint density at radius 2 is 1.18 bits per heavy atom. The van der Waals surface area contributed by atoms with Crippen LogP contribution in [-0.2, 0) is 47.3 Å². The average Bonchev–Trinajstić information content (AvgIpc) is 3.28. The van der Waals surface area contributed by atoms with E-state index < -0.39 is 96.0 Å². The van der Waals surface area contributed by atoms with Crippen LogP contribution in [0.2, 0.25) is 0 Å². The van der Waals surface area contributed by atoms with Gasteiger partial charge in [-0.25, -0.2) is 25.3 Å². The number of phenols is 1. The third kappa shape index (κ3) is 13.4. The van der Waals surface area contributed by atoms with Gasteiger partial charge in [0.2, 0.25) is 10.0 Å². The molecular weight excluding hydrogens is 1040 g/mol. The van der Waals surface area contributed by atoms with Gasteiger partial charge in [-0.2, -0.15) is 25.6 Å². The Bertz CT molecular complexity index is 3700. The molecule has 24 nitrogen and oxygen atoms in total. The monoisotopic (exact) mass is 1070 g/mol. The molecule has 0 saturated carbocycles. The summed E-state index contributed by atoms with van der Waals surface area (Å²) < 4.78 is 100. The molecule has 0 bridgehead atoms. The van der Waals surface area contributed by atoms with Crippen LogP contribution in [0.4, 0.5) is 68.2 Å². The second-order valence-electron chi connectivity index (χ2n) is 14.4. The second-order valence-corrected chi connectivity index (χ2v) is 18.8. The van der Waals surface area contributed by atoms with Crippen LogP contribution in [0.15, 0.2) is 172 Å². The molecule has 3 N–H and O–H groups in total. The Labute approximate surface area is 437 Å². The van der Waals surface area contributed by atoms with Crippen LogP contribution in [0.1, 0.15) is 6.99 Å². The number of benzene rings is 7. The second kappa shape index (κ2) is 22.3. The quantitative estimate of drug-likeness (QED) is 0.0320. The molecule has 7 aromatic rings. The van der Waals surface area contributed by atoms with Crippen LogP contribution >= 0.6 is 0 Å². The molecular formula is C42H30FeN11NaO13S3. The third-order valence-corrected chi connectivity index (χ3v) is 11.7. The first-order chi connectivity index (χ1) is 32.6. The first-order valence-electron chi connectivity index (χ1n) is 19.3. The van der Waals surface area contributed by atoms with Gasteiger partial charge in [-0.1, -0.05) is 42.1 Å². The summed E-state index contributed by atoms with van der Waals surface area (Å²) in [6, 6.07) is 26.4. The molecule has 7 aromatic carbocycles. The largest absolute Gasteiger partial charge is 2.00 e. The molecule has 0 unspecified atom stereocenters. The van der Waals surface area contributed by atoms with Crippen LogP contribution in [-0.4, -0.2) is 50.6 Å². The Morgan fingerprint density at radius 1 is 0.592 bits per heavy atom. The van der Waals surface area contributed by atoms with Gasteiger partial charge in [-0.15, -0.1) is 15.3 Å². The molecule has 0 heterocycles. The number of fused-ring (bicyclic) bond motifs is 1. The van der Waals surface area contributed by atoms with Gasteiger partial charge in [-0.3, -0.25) is 14.8 Å². The maximum atomic E-state index is 13.8. The van der Waals surface area contributed by atoms with Crippen LogP contribution in [0.5, 0.6) is 17.2 Å². The summed E-state index contributed by atoms with van der Waals surface area (Å²) in [6.45, 7) is 1.51. The van der Waals surface area contributed by atoms with Gasteiger partial charge in [0.15, 0.2) is 5.75 Å². The topological polar surface area (TPSA) is 381 Å². The van der Waals surface area contributed by atoms with Crippen molar-refractivity contribution >= 4 is 109 Å². The number of nitrogens with zero attached hydrogens (tertiary/aromatic N) is 9. The predicted octanol–water partition coefficient (Wildman–Crippen LogP) is 6.61. The molecule has 71 heavy (non-hydrogen) atoms. The van der Waals surface area contributed by atoms with Crippen molar-refractivity contribution in [3.8, 4) is 17.2 Å². The number of hydrogen-bond donors (Lipinski definition) is 3. The molecule has 0 aromatic heterocycles. The minimum atomic E-state index is -5.35. The molecule has 29 heteroatoms. The van der Waals surface area contributed by atoms with Crippen molar-refractivity contribution in [2.24, 2.45) is 40.9 Å². The molecule has 0 fully saturated rings. The van der Waals surface area contributed by atoms with Gasteiger partial charge < -0.3 is 29.7 Å². The summed E-state index contributed by atoms with van der Waals surface area (Å²) in [4.78, 5) is 8.90. The number of nitro groups is 1. The molecule has 0 aliphatic carbocycles. The third-order valence-electron chi connectivity index (χ3n) is 9.40. The maximum Gasteiger partial charge on any atom is 2.00 e. The Balaban J connectivity index is 0.00000375. The zero-order valence-corrected chi connectivity index (χ0v) is 42.1. The predicted molar refractivity (Wildman–Crippen MR) is 244 cm³/mol. The van der Waals surface area contributed by atoms with Crippen molar-refractivity contribution in [2.45, 2.75) is 16.7 Å². The normalized spacial score (nSPS) is 12.1. The average molecular weight is 1070 g/mol. The SMILES string of the molecule is Cc1cc(N=Nc2ccc(Nc3ccccc3)c(S(=O)(=O)[O-])c2)c(NS(C)(=O)=O)cc1N=Nc1cc(N=Nc2c([O-])cc(S(=O)(=O)[O-])c3cc([N+](=O)[O-])ccc23)c([O-])c(N=Nc2ccccc2)c1O.[Fe+2].[H+].[Na+]. The van der Waals surface area contributed by atoms with Gasteiger partial charge in [-0.05, 0) is 91.0 Å². The number of aromatic hydroxyl groups is 1. The zero-order valence-electron chi connectivity index (χ0n) is 37.5. The van der Waals surface area contributed by atoms with Gasteiger partial charge in [0.25, 0.3) is 5.69 Å². The first kappa shape index (κ1) is 54.8. The summed E-state index contributed by atoms with van der Waals surface area (Å²) in [6.07, 6.45) is 0.839. The molecule has 0 aliphatic heterocycles. The molecule has 0 aliphatic rings. The first-order valence-corrected chi connectivity index (χ1v) is 24.0. The van der Waals surface area contributed by atoms with Crippen molar-refractivity contribution in [1.29, 1.82) is 0 Å². The van der Waals surface area contributed by atoms with E-state index in [1.165, 1.54) is 43.3 Å². The number of anilines is 3. The van der Waals surface area contributed by atoms with E-state index >= 15 is 0 Å². The minimum Gasteiger partial charge on any atom is -0.871 e. The summed E-state index contributed by atoms with van der Waals surface area (Å²) in [5.41, 5.74) is -2.69. The van der Waals surface area contributed by atoms with E-state index in [0.717, 1.165) is 36.6 Å². The smallest absolute Gasteiger partial charge is 0.871 e. The summed E-state index contributed by atoms with van der Waals surface area (Å²) >= 11 is 0. The fraction of sp³-hybridized carbons (Fsp3) is 0.0476. The van der Waals surface area contributed by atoms with E-state index in [9.17, 15) is 59.8 Å². The molecule has 7 rings (SSSR count). The summed E-state index contributed by atoms with van der Waals surface area (Å²) in [5, 5.41) is 83.6. The van der Waals surface area contributed by atoms with Crippen molar-refractivity contribution in [3.05, 3.63) is 137 Å².